The van der Waals surface area contributed by atoms with E-state index in [1.165, 1.54) is 24.4 Å². The number of methoxy groups -OCH3 is 1. The van der Waals surface area contributed by atoms with Gasteiger partial charge in [-0.1, -0.05) is 24.3 Å². The third-order valence-corrected chi connectivity index (χ3v) is 3.09. The molecule has 1 amide bonds. The van der Waals surface area contributed by atoms with Crippen LogP contribution in [0.25, 0.3) is 6.08 Å². The topological polar surface area (TPSA) is 88.0 Å². The Balaban J connectivity index is 1.87. The highest BCUT2D eigenvalue weighted by Gasteiger charge is 2.00. The number of carboxylic acids is 1. The van der Waals surface area contributed by atoms with Gasteiger partial charge >= 0.3 is 5.97 Å². The van der Waals surface area contributed by atoms with E-state index in [4.69, 9.17) is 9.84 Å². The van der Waals surface area contributed by atoms with Gasteiger partial charge in [-0.2, -0.15) is 5.10 Å². The van der Waals surface area contributed by atoms with Gasteiger partial charge in [0, 0.05) is 6.08 Å². The first-order chi connectivity index (χ1) is 11.6. The number of carbonyl (C=O) groups is 2. The molecule has 2 aromatic rings. The van der Waals surface area contributed by atoms with Crippen LogP contribution in [0.15, 0.2) is 59.7 Å². The molecule has 0 saturated heterocycles. The summed E-state index contributed by atoms with van der Waals surface area (Å²) in [4.78, 5) is 22.4. The number of carbonyl (C=O) groups excluding carboxylic acids is 1. The fourth-order valence-electron chi connectivity index (χ4n) is 1.81. The predicted molar refractivity (Wildman–Crippen MR) is 91.2 cm³/mol. The second-order valence-electron chi connectivity index (χ2n) is 4.77. The summed E-state index contributed by atoms with van der Waals surface area (Å²) in [6.07, 6.45) is 4.46. The number of carboxylic acid groups (broad SMARTS) is 1. The van der Waals surface area contributed by atoms with Gasteiger partial charge in [0.25, 0.3) is 5.91 Å². The Hall–Kier alpha value is -3.41. The van der Waals surface area contributed by atoms with Crippen LogP contribution in [0.2, 0.25) is 0 Å². The van der Waals surface area contributed by atoms with Crippen molar-refractivity contribution in [2.75, 3.05) is 7.11 Å². The Morgan fingerprint density at radius 1 is 1.04 bits per heavy atom. The van der Waals surface area contributed by atoms with Crippen LogP contribution >= 0.6 is 0 Å². The summed E-state index contributed by atoms with van der Waals surface area (Å²) in [7, 11) is 1.59. The molecule has 0 unspecified atom stereocenters. The van der Waals surface area contributed by atoms with Gasteiger partial charge in [0.2, 0.25) is 0 Å². The monoisotopic (exact) mass is 324 g/mol. The van der Waals surface area contributed by atoms with E-state index < -0.39 is 5.97 Å². The number of hydrazone groups is 1. The molecule has 0 saturated carbocycles. The number of nitrogens with zero attached hydrogens (tertiary/aromatic N) is 1. The number of aromatic carboxylic acids is 1. The third kappa shape index (κ3) is 5.10. The maximum atomic E-state index is 11.7. The number of rotatable bonds is 6. The first kappa shape index (κ1) is 17.0. The molecule has 0 aliphatic rings. The summed E-state index contributed by atoms with van der Waals surface area (Å²) in [5.74, 6) is -0.616. The summed E-state index contributed by atoms with van der Waals surface area (Å²) in [6, 6.07) is 13.4. The van der Waals surface area contributed by atoms with Crippen LogP contribution in [0.1, 0.15) is 21.5 Å². The number of benzene rings is 2. The molecule has 24 heavy (non-hydrogen) atoms. The number of nitrogens with one attached hydrogen (secondary N) is 1. The molecule has 0 aliphatic carbocycles. The molecular formula is C18H16N2O4. The fourth-order valence-corrected chi connectivity index (χ4v) is 1.81. The van der Waals surface area contributed by atoms with Crippen LogP contribution in [-0.2, 0) is 4.79 Å². The lowest BCUT2D eigenvalue weighted by Crippen LogP contribution is -2.14. The number of hydrogen-bond donors (Lipinski definition) is 2. The van der Waals surface area contributed by atoms with Crippen molar-refractivity contribution in [1.82, 2.24) is 5.43 Å². The van der Waals surface area contributed by atoms with Gasteiger partial charge in [0.05, 0.1) is 18.9 Å². The molecule has 0 bridgehead atoms. The Morgan fingerprint density at radius 3 is 2.25 bits per heavy atom. The Morgan fingerprint density at radius 2 is 1.67 bits per heavy atom. The molecule has 0 aromatic heterocycles. The van der Waals surface area contributed by atoms with Gasteiger partial charge in [0.1, 0.15) is 5.75 Å². The Bertz CT molecular complexity index is 763. The van der Waals surface area contributed by atoms with Gasteiger partial charge in [-0.15, -0.1) is 0 Å². The van der Waals surface area contributed by atoms with E-state index in [2.05, 4.69) is 10.5 Å². The summed E-state index contributed by atoms with van der Waals surface area (Å²) in [5.41, 5.74) is 4.10. The van der Waals surface area contributed by atoms with E-state index in [0.29, 0.717) is 5.56 Å². The smallest absolute Gasteiger partial charge is 0.335 e. The molecule has 0 spiro atoms. The maximum Gasteiger partial charge on any atom is 0.335 e. The van der Waals surface area contributed by atoms with Gasteiger partial charge in [0.15, 0.2) is 0 Å². The SMILES string of the molecule is COc1ccc(/C=C/C(=O)N/N=C\c2ccc(C(=O)O)cc2)cc1. The van der Waals surface area contributed by atoms with Gasteiger partial charge in [-0.25, -0.2) is 10.2 Å². The van der Waals surface area contributed by atoms with Gasteiger partial charge in [-0.3, -0.25) is 4.79 Å². The predicted octanol–water partition coefficient (Wildman–Crippen LogP) is 2.56. The summed E-state index contributed by atoms with van der Waals surface area (Å²) >= 11 is 0. The number of amides is 1. The van der Waals surface area contributed by atoms with Gasteiger partial charge < -0.3 is 9.84 Å². The average molecular weight is 324 g/mol. The maximum absolute atomic E-state index is 11.7. The molecule has 0 heterocycles. The lowest BCUT2D eigenvalue weighted by Gasteiger charge is -1.99. The van der Waals surface area contributed by atoms with Crippen LogP contribution in [0.5, 0.6) is 5.75 Å². The van der Waals surface area contributed by atoms with Crippen LogP contribution in [0.4, 0.5) is 0 Å². The molecule has 6 nitrogen and oxygen atoms in total. The normalized spacial score (nSPS) is 10.9. The van der Waals surface area contributed by atoms with Crippen molar-refractivity contribution in [3.8, 4) is 5.75 Å². The summed E-state index contributed by atoms with van der Waals surface area (Å²) in [6.45, 7) is 0. The summed E-state index contributed by atoms with van der Waals surface area (Å²) in [5, 5.41) is 12.6. The van der Waals surface area contributed by atoms with E-state index in [0.717, 1.165) is 11.3 Å². The fraction of sp³-hybridized carbons (Fsp3) is 0.0556. The lowest BCUT2D eigenvalue weighted by atomic mass is 10.1. The van der Waals surface area contributed by atoms with Crippen molar-refractivity contribution in [3.05, 3.63) is 71.3 Å². The second kappa shape index (κ2) is 8.28. The average Bonchev–Trinajstić information content (AvgIpc) is 2.61. The van der Waals surface area contributed by atoms with Crippen LogP contribution in [-0.4, -0.2) is 30.3 Å². The van der Waals surface area contributed by atoms with Crippen molar-refractivity contribution in [1.29, 1.82) is 0 Å². The van der Waals surface area contributed by atoms with E-state index in [1.807, 2.05) is 12.1 Å². The molecule has 122 valence electrons. The zero-order valence-electron chi connectivity index (χ0n) is 13.0. The number of ether oxygens (including phenoxy) is 1. The minimum Gasteiger partial charge on any atom is -0.497 e. The van der Waals surface area contributed by atoms with Crippen molar-refractivity contribution < 1.29 is 19.4 Å². The molecule has 0 atom stereocenters. The highest BCUT2D eigenvalue weighted by molar-refractivity contribution is 5.93. The van der Waals surface area contributed by atoms with Gasteiger partial charge in [-0.05, 0) is 41.5 Å². The molecule has 0 aliphatic heterocycles. The molecular weight excluding hydrogens is 308 g/mol. The van der Waals surface area contributed by atoms with Crippen molar-refractivity contribution >= 4 is 24.2 Å². The Kier molecular flexibility index (Phi) is 5.85. The number of hydrogen-bond acceptors (Lipinski definition) is 4. The van der Waals surface area contributed by atoms with Crippen molar-refractivity contribution in [2.45, 2.75) is 0 Å². The van der Waals surface area contributed by atoms with Crippen molar-refractivity contribution in [2.24, 2.45) is 5.10 Å². The first-order valence-corrected chi connectivity index (χ1v) is 7.07. The largest absolute Gasteiger partial charge is 0.497 e. The minimum absolute atomic E-state index is 0.193. The third-order valence-electron chi connectivity index (χ3n) is 3.09. The minimum atomic E-state index is -0.990. The van der Waals surface area contributed by atoms with E-state index >= 15 is 0 Å². The van der Waals surface area contributed by atoms with E-state index in [-0.39, 0.29) is 11.5 Å². The molecule has 0 radical (unpaired) electrons. The highest BCUT2D eigenvalue weighted by atomic mass is 16.5. The van der Waals surface area contributed by atoms with Crippen molar-refractivity contribution in [3.63, 3.8) is 0 Å². The summed E-state index contributed by atoms with van der Waals surface area (Å²) < 4.78 is 5.06. The standard InChI is InChI=1S/C18H16N2O4/c1-24-16-9-4-13(5-10-16)6-11-17(21)20-19-12-14-2-7-15(8-3-14)18(22)23/h2-12H,1H3,(H,20,21)(H,22,23)/b11-6+,19-12-. The first-order valence-electron chi connectivity index (χ1n) is 7.07. The zero-order chi connectivity index (χ0) is 17.4. The highest BCUT2D eigenvalue weighted by Crippen LogP contribution is 2.12. The molecule has 2 rings (SSSR count). The molecule has 2 aromatic carbocycles. The zero-order valence-corrected chi connectivity index (χ0v) is 13.0. The molecule has 6 heteroatoms. The second-order valence-corrected chi connectivity index (χ2v) is 4.77. The lowest BCUT2D eigenvalue weighted by molar-refractivity contribution is -0.116. The van der Waals surface area contributed by atoms with Crippen LogP contribution < -0.4 is 10.2 Å². The quantitative estimate of drug-likeness (QED) is 0.485. The molecule has 0 fully saturated rings. The Labute approximate surface area is 139 Å². The van der Waals surface area contributed by atoms with E-state index in [1.54, 1.807) is 37.5 Å². The van der Waals surface area contributed by atoms with E-state index in [9.17, 15) is 9.59 Å². The van der Waals surface area contributed by atoms with Crippen LogP contribution in [0.3, 0.4) is 0 Å². The molecule has 2 N–H and O–H groups in total. The van der Waals surface area contributed by atoms with Crippen LogP contribution in [0, 0.1) is 0 Å².